The van der Waals surface area contributed by atoms with E-state index in [1.807, 2.05) is 60.5 Å². The summed E-state index contributed by atoms with van der Waals surface area (Å²) in [4.78, 5) is 24.4. The Balaban J connectivity index is 1.38. The van der Waals surface area contributed by atoms with Crippen LogP contribution < -0.4 is 15.5 Å². The van der Waals surface area contributed by atoms with Crippen molar-refractivity contribution in [1.29, 1.82) is 0 Å². The van der Waals surface area contributed by atoms with Crippen molar-refractivity contribution in [2.75, 3.05) is 12.4 Å². The Hall–Kier alpha value is -4.27. The Kier molecular flexibility index (Phi) is 7.12. The van der Waals surface area contributed by atoms with Gasteiger partial charge in [0.15, 0.2) is 0 Å². The second-order valence-corrected chi connectivity index (χ2v) is 7.79. The summed E-state index contributed by atoms with van der Waals surface area (Å²) in [6.07, 6.45) is 10.3. The number of amides is 2. The van der Waals surface area contributed by atoms with Gasteiger partial charge in [0.2, 0.25) is 0 Å². The molecule has 2 amide bonds. The van der Waals surface area contributed by atoms with Crippen LogP contribution in [-0.2, 0) is 22.6 Å². The number of benzene rings is 2. The van der Waals surface area contributed by atoms with Gasteiger partial charge in [0.25, 0.3) is 0 Å². The van der Waals surface area contributed by atoms with E-state index in [0.717, 1.165) is 23.1 Å². The van der Waals surface area contributed by atoms with E-state index >= 15 is 0 Å². The Morgan fingerprint density at radius 2 is 1.94 bits per heavy atom. The van der Waals surface area contributed by atoms with Crippen LogP contribution in [0.3, 0.4) is 0 Å². The molecule has 1 heterocycles. The zero-order valence-corrected chi connectivity index (χ0v) is 19.0. The minimum absolute atomic E-state index is 0.0198. The highest BCUT2D eigenvalue weighted by molar-refractivity contribution is 6.39. The predicted molar refractivity (Wildman–Crippen MR) is 129 cm³/mol. The molecule has 1 aliphatic heterocycles. The number of aryl methyl sites for hydroxylation is 1. The molecule has 4 rings (SSSR count). The highest BCUT2D eigenvalue weighted by Crippen LogP contribution is 2.28. The van der Waals surface area contributed by atoms with E-state index in [9.17, 15) is 9.59 Å². The molecule has 2 N–H and O–H groups in total. The molecule has 0 saturated carbocycles. The molecule has 2 aromatic carbocycles. The summed E-state index contributed by atoms with van der Waals surface area (Å²) in [6.45, 7) is 2.48. The quantitative estimate of drug-likeness (QED) is 0.377. The fraction of sp³-hybridized carbons (Fsp3) is 0.240. The number of hydrogen-bond acceptors (Lipinski definition) is 7. The molecular weight excluding hydrogens is 432 g/mol. The Bertz CT molecular complexity index is 1190. The summed E-state index contributed by atoms with van der Waals surface area (Å²) in [7, 11) is 1.61. The minimum atomic E-state index is -0.850. The van der Waals surface area contributed by atoms with Crippen LogP contribution in [0, 0.1) is 0 Å². The largest absolute Gasteiger partial charge is 0.496 e. The predicted octanol–water partition coefficient (Wildman–Crippen LogP) is 3.39. The number of rotatable bonds is 7. The molecule has 174 valence electrons. The summed E-state index contributed by atoms with van der Waals surface area (Å²) in [5.74, 6) is -0.919. The van der Waals surface area contributed by atoms with Crippen molar-refractivity contribution in [2.24, 2.45) is 15.4 Å². The summed E-state index contributed by atoms with van der Waals surface area (Å²) >= 11 is 0. The molecule has 34 heavy (non-hydrogen) atoms. The number of fused-ring (bicyclic) bond motifs is 1. The number of nitrogens with one attached hydrogen (secondary N) is 2. The van der Waals surface area contributed by atoms with Gasteiger partial charge >= 0.3 is 11.8 Å². The molecule has 9 heteroatoms. The third kappa shape index (κ3) is 5.20. The van der Waals surface area contributed by atoms with E-state index in [2.05, 4.69) is 32.3 Å². The number of hydrogen-bond donors (Lipinski definition) is 2. The monoisotopic (exact) mass is 458 g/mol. The Morgan fingerprint density at radius 1 is 1.12 bits per heavy atom. The van der Waals surface area contributed by atoms with E-state index < -0.39 is 11.8 Å². The Morgan fingerprint density at radius 3 is 2.76 bits per heavy atom. The van der Waals surface area contributed by atoms with E-state index in [1.54, 1.807) is 19.2 Å². The van der Waals surface area contributed by atoms with Crippen LogP contribution in [0.1, 0.15) is 23.6 Å². The zero-order chi connectivity index (χ0) is 23.9. The van der Waals surface area contributed by atoms with E-state index in [0.29, 0.717) is 18.0 Å². The van der Waals surface area contributed by atoms with Crippen molar-refractivity contribution in [1.82, 2.24) is 10.4 Å². The molecule has 1 aliphatic carbocycles. The molecular formula is C25H26N6O3. The zero-order valence-electron chi connectivity index (χ0n) is 19.0. The van der Waals surface area contributed by atoms with Crippen molar-refractivity contribution in [2.45, 2.75) is 32.0 Å². The molecule has 0 bridgehead atoms. The molecule has 0 spiro atoms. The van der Waals surface area contributed by atoms with Crippen molar-refractivity contribution in [3.05, 3.63) is 83.5 Å². The average molecular weight is 459 g/mol. The van der Waals surface area contributed by atoms with Gasteiger partial charge in [-0.25, -0.2) is 5.43 Å². The molecule has 2 aliphatic rings. The molecule has 9 nitrogen and oxygen atoms in total. The van der Waals surface area contributed by atoms with Crippen LogP contribution in [0.25, 0.3) is 0 Å². The lowest BCUT2D eigenvalue weighted by Gasteiger charge is -2.24. The number of carbonyl (C=O) groups excluding carboxylic acids is 2. The molecule has 0 aromatic heterocycles. The average Bonchev–Trinajstić information content (AvgIpc) is 3.27. The lowest BCUT2D eigenvalue weighted by atomic mass is 10.0. The molecule has 0 fully saturated rings. The summed E-state index contributed by atoms with van der Waals surface area (Å²) < 4.78 is 5.50. The van der Waals surface area contributed by atoms with E-state index in [1.165, 1.54) is 6.21 Å². The third-order valence-corrected chi connectivity index (χ3v) is 5.59. The first-order valence-corrected chi connectivity index (χ1v) is 11.0. The summed E-state index contributed by atoms with van der Waals surface area (Å²) in [6, 6.07) is 13.0. The van der Waals surface area contributed by atoms with Gasteiger partial charge in [-0.1, -0.05) is 54.7 Å². The molecule has 2 aromatic rings. The molecule has 2 atom stereocenters. The van der Waals surface area contributed by atoms with Gasteiger partial charge in [-0.05, 0) is 41.8 Å². The van der Waals surface area contributed by atoms with Gasteiger partial charge in [-0.2, -0.15) is 10.2 Å². The second kappa shape index (κ2) is 10.6. The van der Waals surface area contributed by atoms with Crippen LogP contribution in [0.15, 0.2) is 82.2 Å². The summed E-state index contributed by atoms with van der Waals surface area (Å²) in [5, 5.41) is 17.1. The van der Waals surface area contributed by atoms with Crippen molar-refractivity contribution in [3.63, 3.8) is 0 Å². The smallest absolute Gasteiger partial charge is 0.329 e. The van der Waals surface area contributed by atoms with Crippen LogP contribution in [0.4, 0.5) is 5.69 Å². The first-order valence-electron chi connectivity index (χ1n) is 11.0. The van der Waals surface area contributed by atoms with Crippen molar-refractivity contribution < 1.29 is 14.3 Å². The highest BCUT2D eigenvalue weighted by atomic mass is 16.5. The van der Waals surface area contributed by atoms with Crippen LogP contribution in [0.2, 0.25) is 0 Å². The van der Waals surface area contributed by atoms with Crippen LogP contribution in [-0.4, -0.2) is 42.2 Å². The molecule has 2 unspecified atom stereocenters. The number of nitrogens with zero attached hydrogens (tertiary/aromatic N) is 4. The Labute approximate surface area is 197 Å². The number of allylic oxidation sites excluding steroid dienone is 2. The van der Waals surface area contributed by atoms with Crippen LogP contribution in [0.5, 0.6) is 5.75 Å². The van der Waals surface area contributed by atoms with Gasteiger partial charge in [0, 0.05) is 11.3 Å². The topological polar surface area (TPSA) is 108 Å². The maximum atomic E-state index is 12.2. The molecule has 0 radical (unpaired) electrons. The van der Waals surface area contributed by atoms with Gasteiger partial charge in [0.1, 0.15) is 11.8 Å². The van der Waals surface area contributed by atoms with Gasteiger partial charge in [-0.3, -0.25) is 14.6 Å². The molecule has 0 saturated heterocycles. The minimum Gasteiger partial charge on any atom is -0.496 e. The summed E-state index contributed by atoms with van der Waals surface area (Å²) in [5.41, 5.74) is 5.46. The number of methoxy groups -OCH3 is 1. The maximum absolute atomic E-state index is 12.2. The van der Waals surface area contributed by atoms with Gasteiger partial charge in [-0.15, -0.1) is 0 Å². The number of hydrazone groups is 1. The lowest BCUT2D eigenvalue weighted by molar-refractivity contribution is -0.136. The number of carbonyl (C=O) groups is 2. The normalized spacial score (nSPS) is 18.2. The first-order chi connectivity index (χ1) is 16.6. The SMILES string of the molecule is CCc1ccccc1NC(=O)C(=O)NN=Cc1ccc(OC)c(CN2N=NC3C=CC=CC32)c1. The third-order valence-electron chi connectivity index (χ3n) is 5.59. The number of ether oxygens (including phenoxy) is 1. The number of anilines is 1. The van der Waals surface area contributed by atoms with Crippen molar-refractivity contribution in [3.8, 4) is 5.75 Å². The van der Waals surface area contributed by atoms with Gasteiger partial charge < -0.3 is 10.1 Å². The fourth-order valence-electron chi connectivity index (χ4n) is 3.81. The first kappa shape index (κ1) is 22.9. The maximum Gasteiger partial charge on any atom is 0.329 e. The van der Waals surface area contributed by atoms with Gasteiger partial charge in [0.05, 0.1) is 25.9 Å². The number of para-hydroxylation sites is 1. The van der Waals surface area contributed by atoms with Crippen LogP contribution >= 0.6 is 0 Å². The standard InChI is InChI=1S/C25H26N6O3/c1-3-18-8-4-5-9-20(18)27-24(32)25(33)29-26-15-17-12-13-23(34-2)19(14-17)16-31-22-11-7-6-10-21(22)28-30-31/h4-15,21-22H,3,16H2,1-2H3,(H,27,32)(H,29,33). The van der Waals surface area contributed by atoms with Crippen molar-refractivity contribution >= 4 is 23.7 Å². The second-order valence-electron chi connectivity index (χ2n) is 7.79. The fourth-order valence-corrected chi connectivity index (χ4v) is 3.81. The van der Waals surface area contributed by atoms with E-state index in [-0.39, 0.29) is 12.1 Å². The highest BCUT2D eigenvalue weighted by Gasteiger charge is 2.30. The lowest BCUT2D eigenvalue weighted by Crippen LogP contribution is -2.32. The van der Waals surface area contributed by atoms with E-state index in [4.69, 9.17) is 4.74 Å².